The van der Waals surface area contributed by atoms with Gasteiger partial charge in [0.05, 0.1) is 16.4 Å². The Bertz CT molecular complexity index is 1630. The zero-order valence-electron chi connectivity index (χ0n) is 23.7. The number of amides is 3. The number of nitrogens with zero attached hydrogens (tertiary/aromatic N) is 7. The van der Waals surface area contributed by atoms with Crippen LogP contribution >= 0.6 is 11.6 Å². The van der Waals surface area contributed by atoms with Gasteiger partial charge in [-0.2, -0.15) is 5.10 Å². The van der Waals surface area contributed by atoms with Crippen molar-refractivity contribution in [3.8, 4) is 11.3 Å². The summed E-state index contributed by atoms with van der Waals surface area (Å²) in [6.45, 7) is 8.61. The molecule has 214 valence electrons. The van der Waals surface area contributed by atoms with Gasteiger partial charge in [0.1, 0.15) is 46.3 Å². The number of pyridine rings is 2. The number of hydrogen-bond acceptors (Lipinski definition) is 9. The van der Waals surface area contributed by atoms with Crippen LogP contribution in [0.5, 0.6) is 0 Å². The van der Waals surface area contributed by atoms with Crippen LogP contribution in [0.15, 0.2) is 36.8 Å². The van der Waals surface area contributed by atoms with Gasteiger partial charge in [-0.3, -0.25) is 19.2 Å². The summed E-state index contributed by atoms with van der Waals surface area (Å²) in [7, 11) is 3.24. The Morgan fingerprint density at radius 2 is 1.76 bits per heavy atom. The van der Waals surface area contributed by atoms with Crippen LogP contribution in [-0.2, 0) is 16.6 Å². The molecule has 41 heavy (non-hydrogen) atoms. The molecule has 14 heteroatoms. The minimum Gasteiger partial charge on any atom is -0.444 e. The normalized spacial score (nSPS) is 12.1. The molecule has 2 N–H and O–H groups in total. The van der Waals surface area contributed by atoms with Crippen LogP contribution in [-0.4, -0.2) is 71.2 Å². The van der Waals surface area contributed by atoms with E-state index in [1.165, 1.54) is 30.5 Å². The smallest absolute Gasteiger partial charge is 0.410 e. The van der Waals surface area contributed by atoms with Gasteiger partial charge >= 0.3 is 6.09 Å². The summed E-state index contributed by atoms with van der Waals surface area (Å²) in [6, 6.07) is 5.34. The number of aryl methyl sites for hydroxylation is 2. The predicted octanol–water partition coefficient (Wildman–Crippen LogP) is 4.23. The molecule has 0 bridgehead atoms. The fourth-order valence-electron chi connectivity index (χ4n) is 3.87. The number of aromatic nitrogens is 6. The molecule has 0 aliphatic carbocycles. The van der Waals surface area contributed by atoms with Crippen molar-refractivity contribution in [3.05, 3.63) is 53.2 Å². The van der Waals surface area contributed by atoms with Crippen molar-refractivity contribution in [1.29, 1.82) is 0 Å². The maximum Gasteiger partial charge on any atom is 0.410 e. The molecule has 4 heterocycles. The summed E-state index contributed by atoms with van der Waals surface area (Å²) in [5, 5.41) is 10.3. The van der Waals surface area contributed by atoms with E-state index in [2.05, 4.69) is 35.7 Å². The van der Waals surface area contributed by atoms with E-state index in [0.29, 0.717) is 27.3 Å². The summed E-state index contributed by atoms with van der Waals surface area (Å²) in [5.41, 5.74) is 2.46. The van der Waals surface area contributed by atoms with Crippen molar-refractivity contribution in [2.45, 2.75) is 46.3 Å². The summed E-state index contributed by atoms with van der Waals surface area (Å²) in [5.74, 6) is -0.824. The number of carbonyl (C=O) groups is 3. The van der Waals surface area contributed by atoms with Crippen molar-refractivity contribution in [2.24, 2.45) is 7.05 Å². The molecule has 0 spiro atoms. The molecule has 13 nitrogen and oxygen atoms in total. The van der Waals surface area contributed by atoms with E-state index in [4.69, 9.17) is 16.3 Å². The van der Waals surface area contributed by atoms with E-state index >= 15 is 0 Å². The second-order valence-corrected chi connectivity index (χ2v) is 10.8. The first-order chi connectivity index (χ1) is 19.2. The van der Waals surface area contributed by atoms with E-state index in [9.17, 15) is 14.4 Å². The van der Waals surface area contributed by atoms with E-state index in [-0.39, 0.29) is 17.3 Å². The van der Waals surface area contributed by atoms with Gasteiger partial charge in [-0.1, -0.05) is 11.6 Å². The van der Waals surface area contributed by atoms with Gasteiger partial charge in [-0.05, 0) is 58.9 Å². The number of ether oxygens (including phenoxy) is 1. The lowest BCUT2D eigenvalue weighted by Crippen LogP contribution is -2.45. The average Bonchev–Trinajstić information content (AvgIpc) is 3.20. The summed E-state index contributed by atoms with van der Waals surface area (Å²) in [6.07, 6.45) is 2.12. The molecule has 1 unspecified atom stereocenters. The maximum absolute atomic E-state index is 13.2. The molecule has 0 aromatic carbocycles. The third kappa shape index (κ3) is 6.74. The molecule has 3 amide bonds. The predicted molar refractivity (Wildman–Crippen MR) is 154 cm³/mol. The topological polar surface area (TPSA) is 157 Å². The third-order valence-corrected chi connectivity index (χ3v) is 6.21. The van der Waals surface area contributed by atoms with E-state index in [1.54, 1.807) is 57.6 Å². The Morgan fingerprint density at radius 1 is 1.07 bits per heavy atom. The SMILES string of the molecule is Cc1nn(C)c2c(-c3cc(NC(=O)c4ccc(Cl)cn4)nc(NC(=O)C(C)N(C)C(=O)OC(C)(C)C)c3)ncnc12. The Morgan fingerprint density at radius 3 is 2.39 bits per heavy atom. The van der Waals surface area contributed by atoms with Gasteiger partial charge in [0.2, 0.25) is 5.91 Å². The third-order valence-electron chi connectivity index (χ3n) is 5.98. The van der Waals surface area contributed by atoms with Crippen molar-refractivity contribution in [3.63, 3.8) is 0 Å². The van der Waals surface area contributed by atoms with E-state index in [1.807, 2.05) is 6.92 Å². The molecular weight excluding hydrogens is 550 g/mol. The monoisotopic (exact) mass is 579 g/mol. The quantitative estimate of drug-likeness (QED) is 0.341. The van der Waals surface area contributed by atoms with Gasteiger partial charge in [-0.25, -0.2) is 24.7 Å². The fourth-order valence-corrected chi connectivity index (χ4v) is 3.98. The standard InChI is InChI=1S/C27H30ClN9O4/c1-14-21-23(37(7)35-14)22(31-13-30-21)16-10-19(33-24(38)15(2)36(6)26(40)41-27(3,4)5)32-20(11-16)34-25(39)18-9-8-17(28)12-29-18/h8-13,15H,1-7H3,(H2,32,33,34,38,39). The minimum absolute atomic E-state index is 0.113. The number of likely N-dealkylation sites (N-methyl/N-ethyl adjacent to an activating group) is 1. The zero-order chi connectivity index (χ0) is 30.1. The number of anilines is 2. The van der Waals surface area contributed by atoms with Crippen molar-refractivity contribution >= 4 is 52.2 Å². The van der Waals surface area contributed by atoms with E-state index < -0.39 is 29.6 Å². The lowest BCUT2D eigenvalue weighted by Gasteiger charge is -2.28. The van der Waals surface area contributed by atoms with Gasteiger partial charge in [-0.15, -0.1) is 0 Å². The van der Waals surface area contributed by atoms with E-state index in [0.717, 1.165) is 5.69 Å². The Balaban J connectivity index is 1.70. The molecule has 4 aromatic rings. The average molecular weight is 580 g/mol. The molecule has 4 aromatic heterocycles. The molecule has 1 atom stereocenters. The number of hydrogen-bond donors (Lipinski definition) is 2. The number of halogens is 1. The highest BCUT2D eigenvalue weighted by atomic mass is 35.5. The molecule has 0 aliphatic rings. The first kappa shape index (κ1) is 29.3. The van der Waals surface area contributed by atoms with Crippen molar-refractivity contribution < 1.29 is 19.1 Å². The summed E-state index contributed by atoms with van der Waals surface area (Å²) in [4.78, 5) is 57.1. The van der Waals surface area contributed by atoms with Crippen LogP contribution < -0.4 is 10.6 Å². The van der Waals surface area contributed by atoms with Crippen LogP contribution in [0.1, 0.15) is 43.9 Å². The fraction of sp³-hybridized carbons (Fsp3) is 0.333. The second kappa shape index (κ2) is 11.5. The molecule has 0 radical (unpaired) electrons. The Labute approximate surface area is 241 Å². The molecule has 0 aliphatic heterocycles. The molecular formula is C27H30ClN9O4. The van der Waals surface area contributed by atoms with Crippen LogP contribution in [0.3, 0.4) is 0 Å². The molecule has 0 fully saturated rings. The molecule has 0 saturated carbocycles. The zero-order valence-corrected chi connectivity index (χ0v) is 24.4. The van der Waals surface area contributed by atoms with Crippen LogP contribution in [0.4, 0.5) is 16.4 Å². The second-order valence-electron chi connectivity index (χ2n) is 10.3. The maximum atomic E-state index is 13.2. The molecule has 4 rings (SSSR count). The first-order valence-corrected chi connectivity index (χ1v) is 13.0. The highest BCUT2D eigenvalue weighted by molar-refractivity contribution is 6.30. The number of nitrogens with one attached hydrogen (secondary N) is 2. The number of carbonyl (C=O) groups excluding carboxylic acids is 3. The Kier molecular flexibility index (Phi) is 8.19. The Hall–Kier alpha value is -4.65. The van der Waals surface area contributed by atoms with Gasteiger partial charge in [0, 0.05) is 25.9 Å². The van der Waals surface area contributed by atoms with Gasteiger partial charge in [0.15, 0.2) is 0 Å². The summed E-state index contributed by atoms with van der Waals surface area (Å²) < 4.78 is 7.03. The van der Waals surface area contributed by atoms with Crippen LogP contribution in [0.25, 0.3) is 22.3 Å². The number of rotatable bonds is 6. The van der Waals surface area contributed by atoms with Gasteiger partial charge in [0.25, 0.3) is 5.91 Å². The highest BCUT2D eigenvalue weighted by Gasteiger charge is 2.27. The van der Waals surface area contributed by atoms with Gasteiger partial charge < -0.3 is 15.4 Å². The number of fused-ring (bicyclic) bond motifs is 1. The first-order valence-electron chi connectivity index (χ1n) is 12.6. The lowest BCUT2D eigenvalue weighted by molar-refractivity contribution is -0.120. The molecule has 0 saturated heterocycles. The van der Waals surface area contributed by atoms with Crippen LogP contribution in [0.2, 0.25) is 5.02 Å². The minimum atomic E-state index is -0.905. The lowest BCUT2D eigenvalue weighted by atomic mass is 10.1. The largest absolute Gasteiger partial charge is 0.444 e. The van der Waals surface area contributed by atoms with Crippen molar-refractivity contribution in [2.75, 3.05) is 17.7 Å². The van der Waals surface area contributed by atoms with Crippen LogP contribution in [0, 0.1) is 6.92 Å². The highest BCUT2D eigenvalue weighted by Crippen LogP contribution is 2.30. The summed E-state index contributed by atoms with van der Waals surface area (Å²) >= 11 is 5.90. The van der Waals surface area contributed by atoms with Crippen molar-refractivity contribution in [1.82, 2.24) is 34.6 Å².